The lowest BCUT2D eigenvalue weighted by molar-refractivity contribution is -0.135. The van der Waals surface area contributed by atoms with Crippen molar-refractivity contribution in [1.29, 1.82) is 0 Å². The number of urea groups is 1. The van der Waals surface area contributed by atoms with Gasteiger partial charge in [-0.3, -0.25) is 9.59 Å². The minimum absolute atomic E-state index is 0.00633. The molecule has 2 saturated heterocycles. The van der Waals surface area contributed by atoms with E-state index in [2.05, 4.69) is 10.6 Å². The zero-order valence-electron chi connectivity index (χ0n) is 12.8. The molecule has 122 valence electrons. The van der Waals surface area contributed by atoms with Gasteiger partial charge >= 0.3 is 6.03 Å². The van der Waals surface area contributed by atoms with Crippen LogP contribution in [0.3, 0.4) is 0 Å². The van der Waals surface area contributed by atoms with E-state index >= 15 is 0 Å². The lowest BCUT2D eigenvalue weighted by Gasteiger charge is -2.36. The minimum Gasteiger partial charge on any atom is -0.344 e. The van der Waals surface area contributed by atoms with Gasteiger partial charge < -0.3 is 20.4 Å². The van der Waals surface area contributed by atoms with Crippen molar-refractivity contribution in [1.82, 2.24) is 20.4 Å². The maximum absolute atomic E-state index is 12.3. The Hall–Kier alpha value is -1.79. The summed E-state index contributed by atoms with van der Waals surface area (Å²) in [6.07, 6.45) is 5.55. The van der Waals surface area contributed by atoms with Crippen LogP contribution in [0, 0.1) is 0 Å². The minimum atomic E-state index is -0.369. The van der Waals surface area contributed by atoms with Crippen LogP contribution in [-0.2, 0) is 9.59 Å². The van der Waals surface area contributed by atoms with Crippen molar-refractivity contribution in [3.05, 3.63) is 0 Å². The number of hydrogen-bond donors (Lipinski definition) is 2. The van der Waals surface area contributed by atoms with Crippen molar-refractivity contribution in [2.45, 2.75) is 50.6 Å². The number of hydrogen-bond acceptors (Lipinski definition) is 3. The third-order valence-electron chi connectivity index (χ3n) is 4.85. The molecule has 0 aromatic carbocycles. The summed E-state index contributed by atoms with van der Waals surface area (Å²) >= 11 is 0. The first-order valence-electron chi connectivity index (χ1n) is 8.27. The van der Waals surface area contributed by atoms with E-state index in [0.29, 0.717) is 45.1 Å². The molecule has 0 aromatic heterocycles. The summed E-state index contributed by atoms with van der Waals surface area (Å²) in [7, 11) is 0. The number of piperazine rings is 1. The molecule has 1 unspecified atom stereocenters. The van der Waals surface area contributed by atoms with Crippen molar-refractivity contribution >= 4 is 17.8 Å². The lowest BCUT2D eigenvalue weighted by Crippen LogP contribution is -2.56. The molecule has 0 aromatic rings. The summed E-state index contributed by atoms with van der Waals surface area (Å²) in [5.41, 5.74) is 0. The topological polar surface area (TPSA) is 81.8 Å². The first-order chi connectivity index (χ1) is 10.6. The Morgan fingerprint density at radius 1 is 1.00 bits per heavy atom. The summed E-state index contributed by atoms with van der Waals surface area (Å²) in [6, 6.07) is -0.0552. The highest BCUT2D eigenvalue weighted by atomic mass is 16.2. The average Bonchev–Trinajstić information content (AvgIpc) is 3.18. The van der Waals surface area contributed by atoms with Gasteiger partial charge in [0.1, 0.15) is 6.04 Å². The Morgan fingerprint density at radius 3 is 2.23 bits per heavy atom. The predicted octanol–water partition coefficient (Wildman–Crippen LogP) is 0.0614. The molecule has 22 heavy (non-hydrogen) atoms. The lowest BCUT2D eigenvalue weighted by atomic mass is 10.2. The first-order valence-corrected chi connectivity index (χ1v) is 8.27. The fourth-order valence-corrected chi connectivity index (χ4v) is 3.49. The van der Waals surface area contributed by atoms with Gasteiger partial charge in [0, 0.05) is 38.6 Å². The molecule has 0 radical (unpaired) electrons. The normalized spacial score (nSPS) is 26.2. The van der Waals surface area contributed by atoms with Crippen LogP contribution in [0.25, 0.3) is 0 Å². The molecule has 4 amide bonds. The SMILES string of the molecule is O=C1CCC(C(=O)N2CCN(C(=O)NC3CCCC3)CC2)N1. The molecule has 2 heterocycles. The van der Waals surface area contributed by atoms with E-state index in [1.165, 1.54) is 12.8 Å². The van der Waals surface area contributed by atoms with Crippen molar-refractivity contribution in [2.75, 3.05) is 26.2 Å². The fraction of sp³-hybridized carbons (Fsp3) is 0.800. The van der Waals surface area contributed by atoms with Crippen LogP contribution in [0.5, 0.6) is 0 Å². The van der Waals surface area contributed by atoms with Gasteiger partial charge in [-0.25, -0.2) is 4.79 Å². The molecule has 0 spiro atoms. The number of amides is 4. The van der Waals surface area contributed by atoms with Gasteiger partial charge in [0.15, 0.2) is 0 Å². The van der Waals surface area contributed by atoms with Gasteiger partial charge in [0.05, 0.1) is 0 Å². The molecule has 7 heteroatoms. The van der Waals surface area contributed by atoms with E-state index in [-0.39, 0.29) is 23.9 Å². The third kappa shape index (κ3) is 3.34. The highest BCUT2D eigenvalue weighted by Gasteiger charge is 2.33. The molecular formula is C15H24N4O3. The Morgan fingerprint density at radius 2 is 1.64 bits per heavy atom. The largest absolute Gasteiger partial charge is 0.344 e. The predicted molar refractivity (Wildman–Crippen MR) is 80.1 cm³/mol. The molecule has 2 aliphatic heterocycles. The van der Waals surface area contributed by atoms with E-state index < -0.39 is 0 Å². The Balaban J connectivity index is 1.44. The summed E-state index contributed by atoms with van der Waals surface area (Å²) in [5.74, 6) is -0.0605. The number of nitrogens with zero attached hydrogens (tertiary/aromatic N) is 2. The smallest absolute Gasteiger partial charge is 0.317 e. The van der Waals surface area contributed by atoms with Crippen molar-refractivity contribution in [3.8, 4) is 0 Å². The molecule has 2 N–H and O–H groups in total. The van der Waals surface area contributed by atoms with Crippen LogP contribution in [0.1, 0.15) is 38.5 Å². The maximum Gasteiger partial charge on any atom is 0.317 e. The van der Waals surface area contributed by atoms with E-state index in [4.69, 9.17) is 0 Å². The second-order valence-electron chi connectivity index (χ2n) is 6.40. The Kier molecular flexibility index (Phi) is 4.49. The van der Waals surface area contributed by atoms with Crippen molar-refractivity contribution in [3.63, 3.8) is 0 Å². The van der Waals surface area contributed by atoms with Crippen LogP contribution in [0.15, 0.2) is 0 Å². The Labute approximate surface area is 130 Å². The van der Waals surface area contributed by atoms with Crippen LogP contribution >= 0.6 is 0 Å². The molecule has 1 aliphatic carbocycles. The first kappa shape index (κ1) is 15.1. The van der Waals surface area contributed by atoms with Crippen LogP contribution in [0.2, 0.25) is 0 Å². The molecule has 3 rings (SSSR count). The van der Waals surface area contributed by atoms with Crippen molar-refractivity contribution < 1.29 is 14.4 Å². The zero-order valence-corrected chi connectivity index (χ0v) is 12.8. The Bertz CT molecular complexity index is 454. The van der Waals surface area contributed by atoms with Gasteiger partial charge in [0.25, 0.3) is 0 Å². The highest BCUT2D eigenvalue weighted by Crippen LogP contribution is 2.18. The molecule has 7 nitrogen and oxygen atoms in total. The molecule has 3 fully saturated rings. The number of carbonyl (C=O) groups excluding carboxylic acids is 3. The van der Waals surface area contributed by atoms with E-state index in [0.717, 1.165) is 12.8 Å². The van der Waals surface area contributed by atoms with Crippen molar-refractivity contribution in [2.24, 2.45) is 0 Å². The third-order valence-corrected chi connectivity index (χ3v) is 4.85. The quantitative estimate of drug-likeness (QED) is 0.757. The molecule has 1 saturated carbocycles. The summed E-state index contributed by atoms with van der Waals surface area (Å²) in [4.78, 5) is 39.2. The van der Waals surface area contributed by atoms with E-state index in [1.54, 1.807) is 9.80 Å². The van der Waals surface area contributed by atoms with Gasteiger partial charge in [-0.1, -0.05) is 12.8 Å². The number of carbonyl (C=O) groups is 3. The fourth-order valence-electron chi connectivity index (χ4n) is 3.49. The monoisotopic (exact) mass is 308 g/mol. The van der Waals surface area contributed by atoms with Gasteiger partial charge in [-0.05, 0) is 19.3 Å². The zero-order chi connectivity index (χ0) is 15.5. The standard InChI is InChI=1S/C15H24N4O3/c20-13-6-5-12(17-13)14(21)18-7-9-19(10-8-18)15(22)16-11-3-1-2-4-11/h11-12H,1-10H2,(H,16,22)(H,17,20). The van der Waals surface area contributed by atoms with Gasteiger partial charge in [-0.15, -0.1) is 0 Å². The van der Waals surface area contributed by atoms with E-state index in [1.807, 2.05) is 0 Å². The molecule has 1 atom stereocenters. The summed E-state index contributed by atoms with van der Waals surface area (Å²) in [5, 5.41) is 5.79. The number of nitrogens with one attached hydrogen (secondary N) is 2. The van der Waals surface area contributed by atoms with Gasteiger partial charge in [-0.2, -0.15) is 0 Å². The van der Waals surface area contributed by atoms with Crippen LogP contribution < -0.4 is 10.6 Å². The summed E-state index contributed by atoms with van der Waals surface area (Å²) in [6.45, 7) is 2.21. The maximum atomic E-state index is 12.3. The molecule has 3 aliphatic rings. The second-order valence-corrected chi connectivity index (χ2v) is 6.40. The van der Waals surface area contributed by atoms with E-state index in [9.17, 15) is 14.4 Å². The number of rotatable bonds is 2. The highest BCUT2D eigenvalue weighted by molar-refractivity contribution is 5.91. The van der Waals surface area contributed by atoms with Crippen LogP contribution in [-0.4, -0.2) is 65.9 Å². The second kappa shape index (κ2) is 6.54. The molecular weight excluding hydrogens is 284 g/mol. The van der Waals surface area contributed by atoms with Crippen LogP contribution in [0.4, 0.5) is 4.79 Å². The summed E-state index contributed by atoms with van der Waals surface area (Å²) < 4.78 is 0. The van der Waals surface area contributed by atoms with Gasteiger partial charge in [0.2, 0.25) is 11.8 Å². The average molecular weight is 308 g/mol. The molecule has 0 bridgehead atoms.